The zero-order valence-corrected chi connectivity index (χ0v) is 10.6. The van der Waals surface area contributed by atoms with Crippen LogP contribution in [-0.2, 0) is 10.5 Å². The molecule has 4 heteroatoms. The van der Waals surface area contributed by atoms with Gasteiger partial charge in [0.05, 0.1) is 6.10 Å². The summed E-state index contributed by atoms with van der Waals surface area (Å²) in [5, 5.41) is 3.76. The predicted octanol–water partition coefficient (Wildman–Crippen LogP) is 2.53. The smallest absolute Gasteiger partial charge is 0.129 e. The van der Waals surface area contributed by atoms with Crippen LogP contribution in [0.3, 0.4) is 0 Å². The summed E-state index contributed by atoms with van der Waals surface area (Å²) in [5.41, 5.74) is 1.27. The predicted molar refractivity (Wildman–Crippen MR) is 68.9 cm³/mol. The van der Waals surface area contributed by atoms with Crippen molar-refractivity contribution in [3.05, 3.63) is 23.9 Å². The van der Waals surface area contributed by atoms with Gasteiger partial charge in [0.15, 0.2) is 0 Å². The molecule has 2 rings (SSSR count). The third kappa shape index (κ3) is 2.68. The fourth-order valence-electron chi connectivity index (χ4n) is 1.91. The van der Waals surface area contributed by atoms with Crippen LogP contribution < -0.4 is 5.32 Å². The lowest BCUT2D eigenvalue weighted by atomic mass is 10.2. The number of thioether (sulfide) groups is 1. The molecule has 1 saturated heterocycles. The molecular formula is C12H18N2OS. The fraction of sp³-hybridized carbons (Fsp3) is 0.583. The Labute approximate surface area is 101 Å². The van der Waals surface area contributed by atoms with E-state index in [1.54, 1.807) is 0 Å². The molecule has 1 fully saturated rings. The number of ether oxygens (including phenoxy) is 1. The van der Waals surface area contributed by atoms with Crippen LogP contribution in [0, 0.1) is 0 Å². The summed E-state index contributed by atoms with van der Waals surface area (Å²) in [6.45, 7) is 3.07. The first-order chi connectivity index (χ1) is 7.81. The molecule has 1 aromatic rings. The van der Waals surface area contributed by atoms with Crippen molar-refractivity contribution in [1.82, 2.24) is 4.98 Å². The van der Waals surface area contributed by atoms with E-state index in [2.05, 4.69) is 23.3 Å². The Balaban J connectivity index is 1.93. The molecule has 3 nitrogen and oxygen atoms in total. The largest absolute Gasteiger partial charge is 0.377 e. The highest BCUT2D eigenvalue weighted by Gasteiger charge is 2.24. The van der Waals surface area contributed by atoms with Gasteiger partial charge < -0.3 is 10.1 Å². The van der Waals surface area contributed by atoms with Gasteiger partial charge in [-0.3, -0.25) is 0 Å². The van der Waals surface area contributed by atoms with Crippen LogP contribution in [0.5, 0.6) is 0 Å². The van der Waals surface area contributed by atoms with Gasteiger partial charge in [-0.2, -0.15) is 11.8 Å². The van der Waals surface area contributed by atoms with Gasteiger partial charge in [-0.15, -0.1) is 0 Å². The molecule has 0 spiro atoms. The lowest BCUT2D eigenvalue weighted by Crippen LogP contribution is -2.13. The van der Waals surface area contributed by atoms with E-state index in [-0.39, 0.29) is 0 Å². The molecule has 2 unspecified atom stereocenters. The number of hydrogen-bond donors (Lipinski definition) is 1. The Bertz CT molecular complexity index is 346. The van der Waals surface area contributed by atoms with Crippen molar-refractivity contribution in [2.24, 2.45) is 0 Å². The first kappa shape index (κ1) is 11.7. The maximum atomic E-state index is 5.56. The summed E-state index contributed by atoms with van der Waals surface area (Å²) in [6, 6.07) is 4.12. The molecule has 0 aromatic carbocycles. The number of aromatic nitrogens is 1. The number of anilines is 1. The second kappa shape index (κ2) is 5.55. The lowest BCUT2D eigenvalue weighted by Gasteiger charge is -2.14. The Morgan fingerprint density at radius 3 is 3.19 bits per heavy atom. The summed E-state index contributed by atoms with van der Waals surface area (Å²) < 4.78 is 5.56. The van der Waals surface area contributed by atoms with E-state index in [9.17, 15) is 0 Å². The van der Waals surface area contributed by atoms with Gasteiger partial charge in [0, 0.05) is 36.4 Å². The molecule has 2 heterocycles. The molecule has 0 amide bonds. The van der Waals surface area contributed by atoms with Gasteiger partial charge in [0.25, 0.3) is 0 Å². The van der Waals surface area contributed by atoms with Crippen molar-refractivity contribution in [3.63, 3.8) is 0 Å². The van der Waals surface area contributed by atoms with Gasteiger partial charge in [-0.1, -0.05) is 6.07 Å². The second-order valence-electron chi connectivity index (χ2n) is 3.98. The molecule has 0 radical (unpaired) electrons. The van der Waals surface area contributed by atoms with Crippen molar-refractivity contribution < 1.29 is 4.74 Å². The highest BCUT2D eigenvalue weighted by Crippen LogP contribution is 2.30. The highest BCUT2D eigenvalue weighted by atomic mass is 32.2. The van der Waals surface area contributed by atoms with E-state index in [0.29, 0.717) is 11.4 Å². The maximum Gasteiger partial charge on any atom is 0.129 e. The van der Waals surface area contributed by atoms with Gasteiger partial charge in [-0.25, -0.2) is 4.98 Å². The van der Waals surface area contributed by atoms with Crippen LogP contribution in [0.4, 0.5) is 5.82 Å². The molecule has 1 aromatic heterocycles. The molecule has 88 valence electrons. The summed E-state index contributed by atoms with van der Waals surface area (Å²) in [6.07, 6.45) is 3.38. The van der Waals surface area contributed by atoms with E-state index < -0.39 is 0 Å². The number of nitrogens with zero attached hydrogens (tertiary/aromatic N) is 1. The third-order valence-electron chi connectivity index (χ3n) is 2.89. The zero-order chi connectivity index (χ0) is 11.4. The standard InChI is InChI=1S/C12H18N2OS/c1-9-11(5-7-15-9)16-8-10-4-3-6-14-12(10)13-2/h3-4,6,9,11H,5,7-8H2,1-2H3,(H,13,14). The van der Waals surface area contributed by atoms with Crippen molar-refractivity contribution in [2.45, 2.75) is 30.5 Å². The van der Waals surface area contributed by atoms with Gasteiger partial charge in [0.2, 0.25) is 0 Å². The Kier molecular flexibility index (Phi) is 4.07. The van der Waals surface area contributed by atoms with E-state index >= 15 is 0 Å². The topological polar surface area (TPSA) is 34.2 Å². The average molecular weight is 238 g/mol. The quantitative estimate of drug-likeness (QED) is 0.874. The minimum atomic E-state index is 0.389. The second-order valence-corrected chi connectivity index (χ2v) is 5.20. The van der Waals surface area contributed by atoms with Crippen LogP contribution in [0.2, 0.25) is 0 Å². The SMILES string of the molecule is CNc1ncccc1CSC1CCOC1C. The minimum absolute atomic E-state index is 0.389. The molecule has 16 heavy (non-hydrogen) atoms. The van der Waals surface area contributed by atoms with Crippen LogP contribution >= 0.6 is 11.8 Å². The molecule has 1 N–H and O–H groups in total. The number of pyridine rings is 1. The Morgan fingerprint density at radius 2 is 2.50 bits per heavy atom. The zero-order valence-electron chi connectivity index (χ0n) is 9.77. The Hall–Kier alpha value is -0.740. The summed E-state index contributed by atoms with van der Waals surface area (Å²) in [4.78, 5) is 4.31. The van der Waals surface area contributed by atoms with E-state index in [1.165, 1.54) is 12.0 Å². The van der Waals surface area contributed by atoms with Crippen molar-refractivity contribution >= 4 is 17.6 Å². The molecule has 0 bridgehead atoms. The van der Waals surface area contributed by atoms with Gasteiger partial charge >= 0.3 is 0 Å². The van der Waals surface area contributed by atoms with Gasteiger partial charge in [-0.05, 0) is 19.4 Å². The van der Waals surface area contributed by atoms with E-state index in [0.717, 1.165) is 18.2 Å². The van der Waals surface area contributed by atoms with Crippen LogP contribution in [0.25, 0.3) is 0 Å². The molecule has 2 atom stereocenters. The summed E-state index contributed by atoms with van der Waals surface area (Å²) >= 11 is 1.97. The van der Waals surface area contributed by atoms with Crippen LogP contribution in [0.1, 0.15) is 18.9 Å². The Morgan fingerprint density at radius 1 is 1.62 bits per heavy atom. The molecular weight excluding hydrogens is 220 g/mol. The van der Waals surface area contributed by atoms with Gasteiger partial charge in [0.1, 0.15) is 5.82 Å². The fourth-order valence-corrected chi connectivity index (χ4v) is 3.15. The number of rotatable bonds is 4. The summed E-state index contributed by atoms with van der Waals surface area (Å²) in [5.74, 6) is 1.99. The average Bonchev–Trinajstić information content (AvgIpc) is 2.72. The monoisotopic (exact) mass is 238 g/mol. The lowest BCUT2D eigenvalue weighted by molar-refractivity contribution is 0.127. The molecule has 0 aliphatic carbocycles. The molecule has 1 aliphatic rings. The van der Waals surface area contributed by atoms with E-state index in [1.807, 2.05) is 31.1 Å². The number of nitrogens with one attached hydrogen (secondary N) is 1. The van der Waals surface area contributed by atoms with E-state index in [4.69, 9.17) is 4.74 Å². The maximum absolute atomic E-state index is 5.56. The normalized spacial score (nSPS) is 24.6. The van der Waals surface area contributed by atoms with Crippen molar-refractivity contribution in [3.8, 4) is 0 Å². The third-order valence-corrected chi connectivity index (χ3v) is 4.41. The first-order valence-electron chi connectivity index (χ1n) is 5.66. The van der Waals surface area contributed by atoms with Crippen LogP contribution in [-0.4, -0.2) is 30.0 Å². The molecule has 0 saturated carbocycles. The first-order valence-corrected chi connectivity index (χ1v) is 6.71. The summed E-state index contributed by atoms with van der Waals surface area (Å²) in [7, 11) is 1.91. The number of hydrogen-bond acceptors (Lipinski definition) is 4. The highest BCUT2D eigenvalue weighted by molar-refractivity contribution is 7.99. The molecule has 1 aliphatic heterocycles. The van der Waals surface area contributed by atoms with Crippen molar-refractivity contribution in [2.75, 3.05) is 19.0 Å². The van der Waals surface area contributed by atoms with Crippen molar-refractivity contribution in [1.29, 1.82) is 0 Å². The van der Waals surface area contributed by atoms with Crippen LogP contribution in [0.15, 0.2) is 18.3 Å². The minimum Gasteiger partial charge on any atom is -0.377 e.